The van der Waals surface area contributed by atoms with Gasteiger partial charge >= 0.3 is 0 Å². The number of carbonyl (C=O) groups is 1. The van der Waals surface area contributed by atoms with Gasteiger partial charge in [0.2, 0.25) is 5.91 Å². The van der Waals surface area contributed by atoms with Gasteiger partial charge in [-0.05, 0) is 19.2 Å². The first-order chi connectivity index (χ1) is 8.95. The van der Waals surface area contributed by atoms with Crippen molar-refractivity contribution in [3.63, 3.8) is 0 Å². The fraction of sp³-hybridized carbons (Fsp3) is 0.462. The Bertz CT molecular complexity index is 444. The van der Waals surface area contributed by atoms with Crippen LogP contribution in [0.1, 0.15) is 18.6 Å². The molecule has 0 spiro atoms. The highest BCUT2D eigenvalue weighted by Gasteiger charge is 2.16. The Hall–Kier alpha value is -0.520. The summed E-state index contributed by atoms with van der Waals surface area (Å²) in [5, 5.41) is 16.5. The van der Waals surface area contributed by atoms with Crippen molar-refractivity contribution in [3.8, 4) is 0 Å². The van der Waals surface area contributed by atoms with E-state index in [1.54, 1.807) is 25.2 Å². The van der Waals surface area contributed by atoms with Gasteiger partial charge in [-0.15, -0.1) is 12.4 Å². The van der Waals surface area contributed by atoms with Crippen LogP contribution in [0.4, 0.5) is 0 Å². The molecule has 1 amide bonds. The van der Waals surface area contributed by atoms with E-state index in [1.807, 2.05) is 6.92 Å². The van der Waals surface area contributed by atoms with E-state index < -0.39 is 6.10 Å². The second-order valence-electron chi connectivity index (χ2n) is 4.39. The molecule has 0 fully saturated rings. The van der Waals surface area contributed by atoms with Crippen molar-refractivity contribution in [2.45, 2.75) is 13.0 Å². The lowest BCUT2D eigenvalue weighted by atomic mass is 10.1. The Balaban J connectivity index is 0.00000361. The summed E-state index contributed by atoms with van der Waals surface area (Å²) in [6.07, 6.45) is -0.851. The van der Waals surface area contributed by atoms with Crippen LogP contribution in [-0.4, -0.2) is 31.2 Å². The van der Waals surface area contributed by atoms with Gasteiger partial charge in [0.05, 0.1) is 6.10 Å². The first-order valence-electron chi connectivity index (χ1n) is 6.01. The van der Waals surface area contributed by atoms with Gasteiger partial charge in [0, 0.05) is 34.6 Å². The molecule has 2 unspecified atom stereocenters. The number of hydrogen-bond acceptors (Lipinski definition) is 3. The maximum absolute atomic E-state index is 11.7. The molecule has 0 aliphatic carbocycles. The molecule has 1 aromatic rings. The number of halogens is 3. The van der Waals surface area contributed by atoms with Gasteiger partial charge in [-0.2, -0.15) is 0 Å². The summed E-state index contributed by atoms with van der Waals surface area (Å²) in [5.41, 5.74) is 0.549. The molecule has 0 saturated heterocycles. The number of nitrogens with one attached hydrogen (secondary N) is 2. The van der Waals surface area contributed by atoms with Crippen LogP contribution in [0.2, 0.25) is 10.0 Å². The summed E-state index contributed by atoms with van der Waals surface area (Å²) >= 11 is 11.8. The van der Waals surface area contributed by atoms with Gasteiger partial charge in [-0.3, -0.25) is 4.79 Å². The van der Waals surface area contributed by atoms with Gasteiger partial charge in [-0.1, -0.05) is 36.2 Å². The Morgan fingerprint density at radius 1 is 1.35 bits per heavy atom. The predicted molar refractivity (Wildman–Crippen MR) is 84.8 cm³/mol. The van der Waals surface area contributed by atoms with E-state index in [9.17, 15) is 9.90 Å². The summed E-state index contributed by atoms with van der Waals surface area (Å²) < 4.78 is 0. The Kier molecular flexibility index (Phi) is 9.18. The number of rotatable bonds is 6. The molecular weight excluding hydrogens is 323 g/mol. The largest absolute Gasteiger partial charge is 0.387 e. The van der Waals surface area contributed by atoms with E-state index in [0.29, 0.717) is 22.2 Å². The van der Waals surface area contributed by atoms with Crippen LogP contribution in [0, 0.1) is 5.92 Å². The van der Waals surface area contributed by atoms with Gasteiger partial charge < -0.3 is 15.7 Å². The second-order valence-corrected chi connectivity index (χ2v) is 5.23. The average Bonchev–Trinajstić information content (AvgIpc) is 2.35. The predicted octanol–water partition coefficient (Wildman–Crippen LogP) is 2.42. The summed E-state index contributed by atoms with van der Waals surface area (Å²) in [4.78, 5) is 11.7. The SMILES string of the molecule is CNCC(C)C(=O)NCC(O)c1ccc(Cl)cc1Cl.Cl. The van der Waals surface area contributed by atoms with Crippen molar-refractivity contribution in [1.29, 1.82) is 0 Å². The minimum atomic E-state index is -0.851. The topological polar surface area (TPSA) is 61.4 Å². The molecule has 0 saturated carbocycles. The third-order valence-electron chi connectivity index (χ3n) is 2.75. The first kappa shape index (κ1) is 19.5. The van der Waals surface area contributed by atoms with Crippen molar-refractivity contribution < 1.29 is 9.90 Å². The Morgan fingerprint density at radius 2 is 2.00 bits per heavy atom. The van der Waals surface area contributed by atoms with E-state index in [1.165, 1.54) is 0 Å². The number of aliphatic hydroxyl groups excluding tert-OH is 1. The Labute approximate surface area is 135 Å². The molecule has 0 aliphatic rings. The third-order valence-corrected chi connectivity index (χ3v) is 3.31. The van der Waals surface area contributed by atoms with E-state index in [4.69, 9.17) is 23.2 Å². The zero-order valence-electron chi connectivity index (χ0n) is 11.3. The zero-order chi connectivity index (χ0) is 14.4. The highest BCUT2D eigenvalue weighted by Crippen LogP contribution is 2.25. The molecule has 0 radical (unpaired) electrons. The maximum atomic E-state index is 11.7. The smallest absolute Gasteiger partial charge is 0.224 e. The van der Waals surface area contributed by atoms with Gasteiger partial charge in [0.25, 0.3) is 0 Å². The number of benzene rings is 1. The molecule has 7 heteroatoms. The number of amides is 1. The van der Waals surface area contributed by atoms with Crippen molar-refractivity contribution in [2.75, 3.05) is 20.1 Å². The van der Waals surface area contributed by atoms with Gasteiger partial charge in [0.15, 0.2) is 0 Å². The quantitative estimate of drug-likeness (QED) is 0.744. The first-order valence-corrected chi connectivity index (χ1v) is 6.76. The lowest BCUT2D eigenvalue weighted by Crippen LogP contribution is -2.36. The van der Waals surface area contributed by atoms with Crippen molar-refractivity contribution in [1.82, 2.24) is 10.6 Å². The molecule has 1 aromatic carbocycles. The molecule has 2 atom stereocenters. The van der Waals surface area contributed by atoms with Crippen LogP contribution in [0.25, 0.3) is 0 Å². The van der Waals surface area contributed by atoms with E-state index in [0.717, 1.165) is 0 Å². The highest BCUT2D eigenvalue weighted by molar-refractivity contribution is 6.35. The summed E-state index contributed by atoms with van der Waals surface area (Å²) in [6.45, 7) is 2.52. The van der Waals surface area contributed by atoms with Crippen LogP contribution in [-0.2, 0) is 4.79 Å². The average molecular weight is 342 g/mol. The van der Waals surface area contributed by atoms with E-state index in [2.05, 4.69) is 10.6 Å². The van der Waals surface area contributed by atoms with E-state index in [-0.39, 0.29) is 30.8 Å². The summed E-state index contributed by atoms with van der Waals surface area (Å²) in [7, 11) is 1.78. The molecule has 0 heterocycles. The molecule has 0 aromatic heterocycles. The van der Waals surface area contributed by atoms with Crippen LogP contribution in [0.15, 0.2) is 18.2 Å². The van der Waals surface area contributed by atoms with Crippen molar-refractivity contribution >= 4 is 41.5 Å². The lowest BCUT2D eigenvalue weighted by Gasteiger charge is -2.16. The fourth-order valence-electron chi connectivity index (χ4n) is 1.65. The van der Waals surface area contributed by atoms with Crippen molar-refractivity contribution in [2.24, 2.45) is 5.92 Å². The minimum Gasteiger partial charge on any atom is -0.387 e. The van der Waals surface area contributed by atoms with Crippen LogP contribution in [0.5, 0.6) is 0 Å². The molecule has 3 N–H and O–H groups in total. The highest BCUT2D eigenvalue weighted by atomic mass is 35.5. The van der Waals surface area contributed by atoms with Gasteiger partial charge in [0.1, 0.15) is 0 Å². The lowest BCUT2D eigenvalue weighted by molar-refractivity contribution is -0.124. The zero-order valence-corrected chi connectivity index (χ0v) is 13.6. The third kappa shape index (κ3) is 5.85. The van der Waals surface area contributed by atoms with E-state index >= 15 is 0 Å². The fourth-order valence-corrected chi connectivity index (χ4v) is 2.19. The second kappa shape index (κ2) is 9.42. The maximum Gasteiger partial charge on any atom is 0.224 e. The standard InChI is InChI=1S/C13H18Cl2N2O2.ClH/c1-8(6-16-2)13(19)17-7-12(18)10-4-3-9(14)5-11(10)15;/h3-5,8,12,16,18H,6-7H2,1-2H3,(H,17,19);1H. The molecule has 1 rings (SSSR count). The van der Waals surface area contributed by atoms with Crippen molar-refractivity contribution in [3.05, 3.63) is 33.8 Å². The molecule has 0 bridgehead atoms. The van der Waals surface area contributed by atoms with Crippen LogP contribution >= 0.6 is 35.6 Å². The monoisotopic (exact) mass is 340 g/mol. The molecular formula is C13H19Cl3N2O2. The summed E-state index contributed by atoms with van der Waals surface area (Å²) in [5.74, 6) is -0.267. The molecule has 0 aliphatic heterocycles. The molecule has 114 valence electrons. The molecule has 4 nitrogen and oxygen atoms in total. The molecule has 20 heavy (non-hydrogen) atoms. The summed E-state index contributed by atoms with van der Waals surface area (Å²) in [6, 6.07) is 4.86. The number of carbonyl (C=O) groups excluding carboxylic acids is 1. The normalized spacial score (nSPS) is 13.2. The number of hydrogen-bond donors (Lipinski definition) is 3. The van der Waals surface area contributed by atoms with Crippen LogP contribution in [0.3, 0.4) is 0 Å². The van der Waals surface area contributed by atoms with Gasteiger partial charge in [-0.25, -0.2) is 0 Å². The Morgan fingerprint density at radius 3 is 2.55 bits per heavy atom. The van der Waals surface area contributed by atoms with Crippen LogP contribution < -0.4 is 10.6 Å². The minimum absolute atomic E-state index is 0. The number of aliphatic hydroxyl groups is 1.